The minimum Gasteiger partial charge on any atom is -0.375 e. The number of halogens is 2. The summed E-state index contributed by atoms with van der Waals surface area (Å²) in [7, 11) is 0. The fraction of sp³-hybridized carbons (Fsp3) is 0.750. The van der Waals surface area contributed by atoms with Crippen LogP contribution in [0.3, 0.4) is 0 Å². The number of hydrogen-bond acceptors (Lipinski definition) is 2. The standard InChI is InChI=1S/C8H15F2NO/c1-7(2)3-4-12-6-8(9,10)5-11/h1,3-6,11H2,2H3. The zero-order chi connectivity index (χ0) is 9.61. The van der Waals surface area contributed by atoms with E-state index in [9.17, 15) is 8.78 Å². The van der Waals surface area contributed by atoms with Crippen molar-refractivity contribution >= 4 is 0 Å². The Hall–Kier alpha value is -0.480. The molecule has 72 valence electrons. The Balaban J connectivity index is 3.37. The highest BCUT2D eigenvalue weighted by atomic mass is 19.3. The van der Waals surface area contributed by atoms with Gasteiger partial charge in [0, 0.05) is 0 Å². The molecule has 0 aromatic heterocycles. The van der Waals surface area contributed by atoms with Gasteiger partial charge in [0.15, 0.2) is 0 Å². The van der Waals surface area contributed by atoms with Crippen molar-refractivity contribution in [2.45, 2.75) is 19.3 Å². The van der Waals surface area contributed by atoms with Crippen LogP contribution < -0.4 is 5.73 Å². The highest BCUT2D eigenvalue weighted by Crippen LogP contribution is 2.11. The van der Waals surface area contributed by atoms with Gasteiger partial charge in [-0.15, -0.1) is 6.58 Å². The summed E-state index contributed by atoms with van der Waals surface area (Å²) in [6, 6.07) is 0. The maximum Gasteiger partial charge on any atom is 0.282 e. The molecule has 0 fully saturated rings. The van der Waals surface area contributed by atoms with Gasteiger partial charge < -0.3 is 10.5 Å². The van der Waals surface area contributed by atoms with Crippen molar-refractivity contribution in [3.8, 4) is 0 Å². The quantitative estimate of drug-likeness (QED) is 0.496. The summed E-state index contributed by atoms with van der Waals surface area (Å²) in [5.41, 5.74) is 5.72. The highest BCUT2D eigenvalue weighted by molar-refractivity contribution is 4.87. The van der Waals surface area contributed by atoms with Crippen LogP contribution in [0.2, 0.25) is 0 Å². The Morgan fingerprint density at radius 1 is 1.58 bits per heavy atom. The largest absolute Gasteiger partial charge is 0.375 e. The van der Waals surface area contributed by atoms with E-state index in [1.165, 1.54) is 0 Å². The van der Waals surface area contributed by atoms with Crippen LogP contribution in [0.4, 0.5) is 8.78 Å². The molecule has 2 N–H and O–H groups in total. The lowest BCUT2D eigenvalue weighted by Crippen LogP contribution is -2.33. The Labute approximate surface area is 71.4 Å². The molecule has 0 aliphatic rings. The number of nitrogens with two attached hydrogens (primary N) is 1. The summed E-state index contributed by atoms with van der Waals surface area (Å²) in [6.45, 7) is 4.46. The Bertz CT molecular complexity index is 148. The first-order chi connectivity index (χ1) is 5.48. The maximum atomic E-state index is 12.4. The molecule has 12 heavy (non-hydrogen) atoms. The van der Waals surface area contributed by atoms with Gasteiger partial charge in [0.05, 0.1) is 13.2 Å². The van der Waals surface area contributed by atoms with Crippen molar-refractivity contribution in [2.75, 3.05) is 19.8 Å². The molecule has 0 aromatic carbocycles. The van der Waals surface area contributed by atoms with Gasteiger partial charge in [0.2, 0.25) is 0 Å². The average molecular weight is 179 g/mol. The van der Waals surface area contributed by atoms with Gasteiger partial charge in [-0.05, 0) is 13.3 Å². The first-order valence-corrected chi connectivity index (χ1v) is 3.78. The van der Waals surface area contributed by atoms with Crippen molar-refractivity contribution in [1.29, 1.82) is 0 Å². The zero-order valence-electron chi connectivity index (χ0n) is 7.28. The number of rotatable bonds is 6. The maximum absolute atomic E-state index is 12.4. The highest BCUT2D eigenvalue weighted by Gasteiger charge is 2.26. The SMILES string of the molecule is C=C(C)CCOCC(F)(F)CN. The fourth-order valence-electron chi connectivity index (χ4n) is 0.527. The van der Waals surface area contributed by atoms with Crippen LogP contribution in [0.15, 0.2) is 12.2 Å². The summed E-state index contributed by atoms with van der Waals surface area (Å²) in [4.78, 5) is 0. The normalized spacial score (nSPS) is 11.7. The minimum atomic E-state index is -2.89. The van der Waals surface area contributed by atoms with Gasteiger partial charge in [-0.1, -0.05) is 5.57 Å². The molecule has 0 rings (SSSR count). The first-order valence-electron chi connectivity index (χ1n) is 3.78. The number of ether oxygens (including phenoxy) is 1. The van der Waals surface area contributed by atoms with E-state index in [4.69, 9.17) is 10.5 Å². The van der Waals surface area contributed by atoms with Gasteiger partial charge in [0.25, 0.3) is 5.92 Å². The van der Waals surface area contributed by atoms with Crippen LogP contribution in [-0.4, -0.2) is 25.7 Å². The van der Waals surface area contributed by atoms with Gasteiger partial charge in [0.1, 0.15) is 6.61 Å². The Morgan fingerprint density at radius 3 is 2.58 bits per heavy atom. The second-order valence-electron chi connectivity index (χ2n) is 2.82. The molecule has 0 aliphatic carbocycles. The van der Waals surface area contributed by atoms with Crippen molar-refractivity contribution in [3.05, 3.63) is 12.2 Å². The summed E-state index contributed by atoms with van der Waals surface area (Å²) in [5, 5.41) is 0. The molecule has 0 saturated heterocycles. The van der Waals surface area contributed by atoms with E-state index in [2.05, 4.69) is 6.58 Å². The van der Waals surface area contributed by atoms with E-state index in [1.54, 1.807) is 0 Å². The molecular formula is C8H15F2NO. The lowest BCUT2D eigenvalue weighted by atomic mass is 10.3. The van der Waals surface area contributed by atoms with E-state index in [-0.39, 0.29) is 6.61 Å². The van der Waals surface area contributed by atoms with E-state index >= 15 is 0 Å². The summed E-state index contributed by atoms with van der Waals surface area (Å²) >= 11 is 0. The molecule has 2 nitrogen and oxygen atoms in total. The molecule has 0 amide bonds. The molecule has 0 atom stereocenters. The predicted octanol–water partition coefficient (Wildman–Crippen LogP) is 1.56. The van der Waals surface area contributed by atoms with E-state index in [0.29, 0.717) is 6.42 Å². The molecule has 0 spiro atoms. The molecule has 0 unspecified atom stereocenters. The predicted molar refractivity (Wildman–Crippen MR) is 44.3 cm³/mol. The van der Waals surface area contributed by atoms with Crippen LogP contribution in [-0.2, 0) is 4.74 Å². The molecule has 0 radical (unpaired) electrons. The van der Waals surface area contributed by atoms with Crippen molar-refractivity contribution in [3.63, 3.8) is 0 Å². The lowest BCUT2D eigenvalue weighted by Gasteiger charge is -2.13. The second-order valence-corrected chi connectivity index (χ2v) is 2.82. The zero-order valence-corrected chi connectivity index (χ0v) is 7.28. The molecule has 0 bridgehead atoms. The molecule has 0 heterocycles. The third kappa shape index (κ3) is 6.24. The van der Waals surface area contributed by atoms with Crippen LogP contribution in [0.1, 0.15) is 13.3 Å². The minimum absolute atomic E-state index is 0.283. The molecular weight excluding hydrogens is 164 g/mol. The van der Waals surface area contributed by atoms with E-state index in [0.717, 1.165) is 5.57 Å². The number of alkyl halides is 2. The van der Waals surface area contributed by atoms with Crippen LogP contribution >= 0.6 is 0 Å². The van der Waals surface area contributed by atoms with Crippen LogP contribution in [0.25, 0.3) is 0 Å². The average Bonchev–Trinajstić information content (AvgIpc) is 1.98. The summed E-state index contributed by atoms with van der Waals surface area (Å²) in [5.74, 6) is -2.89. The van der Waals surface area contributed by atoms with Crippen molar-refractivity contribution < 1.29 is 13.5 Å². The monoisotopic (exact) mass is 179 g/mol. The van der Waals surface area contributed by atoms with Crippen LogP contribution in [0, 0.1) is 0 Å². The van der Waals surface area contributed by atoms with Crippen molar-refractivity contribution in [2.24, 2.45) is 5.73 Å². The first kappa shape index (κ1) is 11.5. The molecule has 0 saturated carbocycles. The Kier molecular flexibility index (Phi) is 5.01. The topological polar surface area (TPSA) is 35.2 Å². The molecule has 0 aliphatic heterocycles. The van der Waals surface area contributed by atoms with E-state index < -0.39 is 19.1 Å². The third-order valence-corrected chi connectivity index (χ3v) is 1.29. The van der Waals surface area contributed by atoms with Crippen molar-refractivity contribution in [1.82, 2.24) is 0 Å². The summed E-state index contributed by atoms with van der Waals surface area (Å²) < 4.78 is 29.5. The van der Waals surface area contributed by atoms with Crippen LogP contribution in [0.5, 0.6) is 0 Å². The summed E-state index contributed by atoms with van der Waals surface area (Å²) in [6.07, 6.45) is 0.612. The van der Waals surface area contributed by atoms with Gasteiger partial charge in [-0.2, -0.15) is 0 Å². The smallest absolute Gasteiger partial charge is 0.282 e. The van der Waals surface area contributed by atoms with Gasteiger partial charge in [-0.25, -0.2) is 8.78 Å². The molecule has 4 heteroatoms. The second kappa shape index (κ2) is 5.22. The van der Waals surface area contributed by atoms with E-state index in [1.807, 2.05) is 6.92 Å². The lowest BCUT2D eigenvalue weighted by molar-refractivity contribution is -0.0686. The number of hydrogen-bond donors (Lipinski definition) is 1. The van der Waals surface area contributed by atoms with Gasteiger partial charge in [-0.3, -0.25) is 0 Å². The van der Waals surface area contributed by atoms with Gasteiger partial charge >= 0.3 is 0 Å². The Morgan fingerprint density at radius 2 is 2.17 bits per heavy atom. The molecule has 0 aromatic rings. The third-order valence-electron chi connectivity index (χ3n) is 1.29. The fourth-order valence-corrected chi connectivity index (χ4v) is 0.527.